The zero-order chi connectivity index (χ0) is 23.5. The normalized spacial score (nSPS) is 14.4. The van der Waals surface area contributed by atoms with Gasteiger partial charge >= 0.3 is 0 Å². The molecule has 1 heterocycles. The van der Waals surface area contributed by atoms with Crippen LogP contribution in [0.15, 0.2) is 42.5 Å². The second-order valence-corrected chi connectivity index (χ2v) is 8.51. The van der Waals surface area contributed by atoms with Crippen molar-refractivity contribution < 1.29 is 14.3 Å². The molecule has 0 unspecified atom stereocenters. The van der Waals surface area contributed by atoms with E-state index in [-0.39, 0.29) is 5.91 Å². The number of methoxy groups -OCH3 is 1. The van der Waals surface area contributed by atoms with Crippen molar-refractivity contribution in [2.45, 2.75) is 45.6 Å². The smallest absolute Gasteiger partial charge is 0.254 e. The first kappa shape index (κ1) is 24.6. The average Bonchev–Trinajstić information content (AvgIpc) is 3.09. The van der Waals surface area contributed by atoms with E-state index in [4.69, 9.17) is 14.7 Å². The number of unbranched alkanes of at least 4 members (excludes halogenated alkanes) is 3. The second-order valence-electron chi connectivity index (χ2n) is 8.51. The minimum Gasteiger partial charge on any atom is -0.493 e. The molecule has 1 aliphatic heterocycles. The van der Waals surface area contributed by atoms with Crippen LogP contribution < -0.4 is 9.47 Å². The highest BCUT2D eigenvalue weighted by molar-refractivity contribution is 5.95. The summed E-state index contributed by atoms with van der Waals surface area (Å²) in [6.45, 7) is 6.86. The Morgan fingerprint density at radius 1 is 1.00 bits per heavy atom. The summed E-state index contributed by atoms with van der Waals surface area (Å²) < 4.78 is 11.4. The van der Waals surface area contributed by atoms with Crippen LogP contribution in [-0.4, -0.2) is 55.6 Å². The Hall–Kier alpha value is -3.04. The van der Waals surface area contributed by atoms with E-state index in [0.717, 1.165) is 45.4 Å². The molecule has 6 nitrogen and oxygen atoms in total. The summed E-state index contributed by atoms with van der Waals surface area (Å²) in [6.07, 6.45) is 5.52. The van der Waals surface area contributed by atoms with E-state index in [1.54, 1.807) is 13.2 Å². The molecule has 0 aliphatic carbocycles. The highest BCUT2D eigenvalue weighted by Gasteiger charge is 2.21. The number of carbonyl (C=O) groups excluding carboxylic acids is 1. The van der Waals surface area contributed by atoms with Crippen molar-refractivity contribution in [3.63, 3.8) is 0 Å². The number of nitriles is 1. The maximum atomic E-state index is 13.2. The molecule has 176 valence electrons. The number of amides is 1. The van der Waals surface area contributed by atoms with Gasteiger partial charge in [0, 0.05) is 38.3 Å². The molecule has 0 aromatic heterocycles. The van der Waals surface area contributed by atoms with Crippen LogP contribution in [0, 0.1) is 11.3 Å². The van der Waals surface area contributed by atoms with Crippen LogP contribution in [0.2, 0.25) is 0 Å². The molecule has 1 fully saturated rings. The van der Waals surface area contributed by atoms with Gasteiger partial charge in [0.1, 0.15) is 0 Å². The van der Waals surface area contributed by atoms with Crippen LogP contribution in [0.3, 0.4) is 0 Å². The molecule has 3 rings (SSSR count). The zero-order valence-electron chi connectivity index (χ0n) is 19.9. The quantitative estimate of drug-likeness (QED) is 0.484. The fourth-order valence-corrected chi connectivity index (χ4v) is 4.09. The molecule has 0 saturated carbocycles. The fourth-order valence-electron chi connectivity index (χ4n) is 4.09. The van der Waals surface area contributed by atoms with Crippen LogP contribution in [0.1, 0.15) is 60.5 Å². The van der Waals surface area contributed by atoms with Crippen LogP contribution in [0.4, 0.5) is 0 Å². The number of ether oxygens (including phenoxy) is 2. The summed E-state index contributed by atoms with van der Waals surface area (Å²) in [5.41, 5.74) is 2.49. The Balaban J connectivity index is 1.56. The Labute approximate surface area is 197 Å². The number of benzene rings is 2. The highest BCUT2D eigenvalue weighted by atomic mass is 16.5. The first-order chi connectivity index (χ1) is 16.1. The monoisotopic (exact) mass is 449 g/mol. The summed E-state index contributed by atoms with van der Waals surface area (Å²) in [7, 11) is 1.61. The molecular formula is C27H35N3O3. The lowest BCUT2D eigenvalue weighted by molar-refractivity contribution is 0.0760. The highest BCUT2D eigenvalue weighted by Crippen LogP contribution is 2.29. The van der Waals surface area contributed by atoms with Crippen molar-refractivity contribution in [2.24, 2.45) is 0 Å². The number of nitrogens with zero attached hydrogens (tertiary/aromatic N) is 3. The van der Waals surface area contributed by atoms with Gasteiger partial charge in [-0.3, -0.25) is 9.69 Å². The average molecular weight is 450 g/mol. The predicted octanol–water partition coefficient (Wildman–Crippen LogP) is 4.87. The molecule has 6 heteroatoms. The molecule has 2 aromatic carbocycles. The molecule has 0 atom stereocenters. The Morgan fingerprint density at radius 2 is 1.82 bits per heavy atom. The van der Waals surface area contributed by atoms with Gasteiger partial charge in [-0.25, -0.2) is 0 Å². The number of rotatable bonds is 10. The molecule has 2 aromatic rings. The van der Waals surface area contributed by atoms with E-state index in [1.807, 2.05) is 41.3 Å². The van der Waals surface area contributed by atoms with E-state index in [0.29, 0.717) is 35.8 Å². The van der Waals surface area contributed by atoms with Crippen LogP contribution in [0.25, 0.3) is 0 Å². The maximum absolute atomic E-state index is 13.2. The van der Waals surface area contributed by atoms with Crippen molar-refractivity contribution in [3.05, 3.63) is 59.2 Å². The van der Waals surface area contributed by atoms with E-state index in [2.05, 4.69) is 17.9 Å². The van der Waals surface area contributed by atoms with E-state index in [9.17, 15) is 4.79 Å². The summed E-state index contributed by atoms with van der Waals surface area (Å²) in [5.74, 6) is 1.33. The zero-order valence-corrected chi connectivity index (χ0v) is 19.9. The Bertz CT molecular complexity index is 937. The van der Waals surface area contributed by atoms with Gasteiger partial charge in [0.2, 0.25) is 0 Å². The minimum atomic E-state index is 0.0306. The molecule has 0 spiro atoms. The van der Waals surface area contributed by atoms with E-state index in [1.165, 1.54) is 18.4 Å². The number of hydrogen-bond acceptors (Lipinski definition) is 5. The molecule has 1 saturated heterocycles. The third-order valence-corrected chi connectivity index (χ3v) is 6.03. The van der Waals surface area contributed by atoms with Gasteiger partial charge in [-0.15, -0.1) is 0 Å². The predicted molar refractivity (Wildman–Crippen MR) is 130 cm³/mol. The van der Waals surface area contributed by atoms with Crippen molar-refractivity contribution >= 4 is 5.91 Å². The lowest BCUT2D eigenvalue weighted by Crippen LogP contribution is -2.35. The third kappa shape index (κ3) is 7.23. The van der Waals surface area contributed by atoms with Gasteiger partial charge in [-0.2, -0.15) is 5.26 Å². The summed E-state index contributed by atoms with van der Waals surface area (Å²) in [4.78, 5) is 17.5. The van der Waals surface area contributed by atoms with E-state index < -0.39 is 0 Å². The molecule has 0 radical (unpaired) electrons. The Kier molecular flexibility index (Phi) is 9.59. The second kappa shape index (κ2) is 12.9. The molecule has 1 amide bonds. The number of hydrogen-bond donors (Lipinski definition) is 0. The fraction of sp³-hybridized carbons (Fsp3) is 0.481. The van der Waals surface area contributed by atoms with Gasteiger partial charge in [-0.1, -0.05) is 38.3 Å². The van der Waals surface area contributed by atoms with Crippen molar-refractivity contribution in [1.29, 1.82) is 5.26 Å². The van der Waals surface area contributed by atoms with Crippen LogP contribution in [0.5, 0.6) is 11.5 Å². The summed E-state index contributed by atoms with van der Waals surface area (Å²) >= 11 is 0. The van der Waals surface area contributed by atoms with E-state index >= 15 is 0 Å². The molecule has 1 aliphatic rings. The van der Waals surface area contributed by atoms with Crippen molar-refractivity contribution in [3.8, 4) is 17.6 Å². The Morgan fingerprint density at radius 3 is 2.55 bits per heavy atom. The molecule has 33 heavy (non-hydrogen) atoms. The SMILES string of the molecule is CCCCCCOc1ccc(C(=O)N2CCCN(Cc3ccc(C#N)cc3)CC2)cc1OC. The van der Waals surface area contributed by atoms with Crippen LogP contribution >= 0.6 is 0 Å². The maximum Gasteiger partial charge on any atom is 0.254 e. The summed E-state index contributed by atoms with van der Waals surface area (Å²) in [6, 6.07) is 15.4. The lowest BCUT2D eigenvalue weighted by atomic mass is 10.1. The molecule has 0 N–H and O–H groups in total. The first-order valence-corrected chi connectivity index (χ1v) is 12.0. The molecular weight excluding hydrogens is 414 g/mol. The van der Waals surface area contributed by atoms with Crippen molar-refractivity contribution in [1.82, 2.24) is 9.80 Å². The lowest BCUT2D eigenvalue weighted by Gasteiger charge is -2.22. The largest absolute Gasteiger partial charge is 0.493 e. The first-order valence-electron chi connectivity index (χ1n) is 12.0. The molecule has 0 bridgehead atoms. The van der Waals surface area contributed by atoms with Gasteiger partial charge in [0.25, 0.3) is 5.91 Å². The third-order valence-electron chi connectivity index (χ3n) is 6.03. The van der Waals surface area contributed by atoms with Crippen LogP contribution in [-0.2, 0) is 6.54 Å². The van der Waals surface area contributed by atoms with Gasteiger partial charge in [-0.05, 0) is 48.7 Å². The summed E-state index contributed by atoms with van der Waals surface area (Å²) in [5, 5.41) is 8.96. The van der Waals surface area contributed by atoms with Crippen molar-refractivity contribution in [2.75, 3.05) is 39.9 Å². The van der Waals surface area contributed by atoms with Gasteiger partial charge < -0.3 is 14.4 Å². The van der Waals surface area contributed by atoms with Gasteiger partial charge in [0.15, 0.2) is 11.5 Å². The standard InChI is InChI=1S/C27H35N3O3/c1-3-4-5-6-18-33-25-13-12-24(19-26(25)32-2)27(31)30-15-7-14-29(16-17-30)21-23-10-8-22(20-28)9-11-23/h8-13,19H,3-7,14-18,21H2,1-2H3. The topological polar surface area (TPSA) is 65.8 Å². The van der Waals surface area contributed by atoms with Gasteiger partial charge in [0.05, 0.1) is 25.3 Å². The minimum absolute atomic E-state index is 0.0306. The number of carbonyl (C=O) groups is 1.